The summed E-state index contributed by atoms with van der Waals surface area (Å²) in [5.41, 5.74) is 7.83. The molecule has 5 nitrogen and oxygen atoms in total. The summed E-state index contributed by atoms with van der Waals surface area (Å²) in [6, 6.07) is 0. The van der Waals surface area contributed by atoms with Crippen molar-refractivity contribution >= 4 is 5.97 Å². The molecule has 0 saturated heterocycles. The molecule has 0 heterocycles. The van der Waals surface area contributed by atoms with Crippen LogP contribution in [0.2, 0.25) is 0 Å². The van der Waals surface area contributed by atoms with Gasteiger partial charge in [-0.2, -0.15) is 0 Å². The summed E-state index contributed by atoms with van der Waals surface area (Å²) in [7, 11) is 0. The lowest BCUT2D eigenvalue weighted by Gasteiger charge is -1.93. The van der Waals surface area contributed by atoms with E-state index in [1.54, 1.807) is 0 Å². The lowest BCUT2D eigenvalue weighted by molar-refractivity contribution is -0.132. The number of unbranched alkanes of at least 4 members (excludes halogenated alkanes) is 3. The molecule has 0 aliphatic carbocycles. The largest absolute Gasteiger partial charge is 0.478 e. The molecule has 0 amide bonds. The Bertz CT molecular complexity index is 238. The van der Waals surface area contributed by atoms with Crippen molar-refractivity contribution in [2.24, 2.45) is 5.11 Å². The second-order valence-corrected chi connectivity index (χ2v) is 2.58. The third-order valence-corrected chi connectivity index (χ3v) is 1.52. The highest BCUT2D eigenvalue weighted by Gasteiger charge is 2.02. The Kier molecular flexibility index (Phi) is 6.37. The quantitative estimate of drug-likeness (QED) is 0.225. The maximum Gasteiger partial charge on any atom is 0.337 e. The van der Waals surface area contributed by atoms with E-state index in [0.29, 0.717) is 6.42 Å². The van der Waals surface area contributed by atoms with Crippen molar-refractivity contribution in [2.75, 3.05) is 0 Å². The van der Waals surface area contributed by atoms with E-state index in [0.717, 1.165) is 19.3 Å². The number of allylic oxidation sites excluding steroid dienone is 1. The Labute approximate surface area is 76.7 Å². The number of rotatable bonds is 6. The Morgan fingerprint density at radius 1 is 1.62 bits per heavy atom. The molecule has 0 bridgehead atoms. The van der Waals surface area contributed by atoms with Crippen molar-refractivity contribution in [3.63, 3.8) is 0 Å². The molecule has 0 aliphatic heterocycles. The van der Waals surface area contributed by atoms with Gasteiger partial charge in [0.05, 0.1) is 0 Å². The Morgan fingerprint density at radius 2 is 2.31 bits per heavy atom. The van der Waals surface area contributed by atoms with Crippen LogP contribution >= 0.6 is 0 Å². The number of azide groups is 1. The van der Waals surface area contributed by atoms with Crippen molar-refractivity contribution in [1.82, 2.24) is 0 Å². The minimum absolute atomic E-state index is 0.210. The summed E-state index contributed by atoms with van der Waals surface area (Å²) < 4.78 is 0. The van der Waals surface area contributed by atoms with Crippen molar-refractivity contribution in [2.45, 2.75) is 32.6 Å². The van der Waals surface area contributed by atoms with Crippen LogP contribution in [0.15, 0.2) is 16.9 Å². The minimum atomic E-state index is -1.17. The van der Waals surface area contributed by atoms with Gasteiger partial charge in [-0.3, -0.25) is 0 Å². The second-order valence-electron chi connectivity index (χ2n) is 2.58. The first-order valence-electron chi connectivity index (χ1n) is 4.21. The highest BCUT2D eigenvalue weighted by Crippen LogP contribution is 2.05. The lowest BCUT2D eigenvalue weighted by Crippen LogP contribution is -1.96. The molecule has 0 radical (unpaired) electrons. The molecule has 13 heavy (non-hydrogen) atoms. The fourth-order valence-corrected chi connectivity index (χ4v) is 0.852. The molecule has 1 N–H and O–H groups in total. The van der Waals surface area contributed by atoms with Gasteiger partial charge in [0.1, 0.15) is 5.70 Å². The van der Waals surface area contributed by atoms with E-state index < -0.39 is 5.97 Å². The predicted molar refractivity (Wildman–Crippen MR) is 49.0 cm³/mol. The fourth-order valence-electron chi connectivity index (χ4n) is 0.852. The molecule has 5 heteroatoms. The van der Waals surface area contributed by atoms with E-state index in [4.69, 9.17) is 10.6 Å². The summed E-state index contributed by atoms with van der Waals surface area (Å²) in [5, 5.41) is 11.6. The molecule has 0 rings (SSSR count). The number of carbonyl (C=O) groups is 1. The van der Waals surface area contributed by atoms with Crippen LogP contribution in [0.1, 0.15) is 32.6 Å². The smallest absolute Gasteiger partial charge is 0.337 e. The maximum absolute atomic E-state index is 10.4. The number of carboxylic acid groups (broad SMARTS) is 1. The molecule has 0 atom stereocenters. The zero-order valence-electron chi connectivity index (χ0n) is 7.60. The topological polar surface area (TPSA) is 86.1 Å². The zero-order valence-corrected chi connectivity index (χ0v) is 7.60. The molecule has 0 aromatic carbocycles. The lowest BCUT2D eigenvalue weighted by atomic mass is 10.2. The molecule has 0 spiro atoms. The van der Waals surface area contributed by atoms with Gasteiger partial charge in [0.25, 0.3) is 0 Å². The van der Waals surface area contributed by atoms with E-state index in [1.165, 1.54) is 6.08 Å². The highest BCUT2D eigenvalue weighted by atomic mass is 16.4. The number of hydrogen-bond donors (Lipinski definition) is 1. The first kappa shape index (κ1) is 11.5. The number of nitrogens with zero attached hydrogens (tertiary/aromatic N) is 3. The van der Waals surface area contributed by atoms with Gasteiger partial charge in [0.2, 0.25) is 0 Å². The van der Waals surface area contributed by atoms with Crippen molar-refractivity contribution in [1.29, 1.82) is 0 Å². The summed E-state index contributed by atoms with van der Waals surface area (Å²) in [5.74, 6) is -1.17. The molecular weight excluding hydrogens is 170 g/mol. The normalized spacial score (nSPS) is 10.7. The molecule has 72 valence electrons. The van der Waals surface area contributed by atoms with E-state index in [1.807, 2.05) is 0 Å². The summed E-state index contributed by atoms with van der Waals surface area (Å²) >= 11 is 0. The van der Waals surface area contributed by atoms with Gasteiger partial charge in [0.15, 0.2) is 0 Å². The van der Waals surface area contributed by atoms with Gasteiger partial charge in [-0.25, -0.2) is 4.79 Å². The first-order valence-corrected chi connectivity index (χ1v) is 4.21. The van der Waals surface area contributed by atoms with Crippen molar-refractivity contribution in [3.8, 4) is 0 Å². The molecule has 0 aliphatic rings. The fraction of sp³-hybridized carbons (Fsp3) is 0.625. The van der Waals surface area contributed by atoms with Crippen molar-refractivity contribution in [3.05, 3.63) is 22.2 Å². The Morgan fingerprint density at radius 3 is 2.77 bits per heavy atom. The van der Waals surface area contributed by atoms with E-state index in [2.05, 4.69) is 16.9 Å². The van der Waals surface area contributed by atoms with Crippen LogP contribution in [-0.2, 0) is 4.79 Å². The minimum Gasteiger partial charge on any atom is -0.478 e. The molecule has 0 aromatic rings. The van der Waals surface area contributed by atoms with Gasteiger partial charge in [0, 0.05) is 4.91 Å². The standard InChI is InChI=1S/C8H13N3O2/c1-2-3-4-5-6-7(8(12)13)10-11-9/h6H,2-5H2,1H3,(H,12,13)/b7-6+. The molecule has 0 aromatic heterocycles. The van der Waals surface area contributed by atoms with Crippen molar-refractivity contribution < 1.29 is 9.90 Å². The van der Waals surface area contributed by atoms with Crippen LogP contribution in [0.5, 0.6) is 0 Å². The zero-order chi connectivity index (χ0) is 10.1. The number of aliphatic carboxylic acids is 1. The van der Waals surface area contributed by atoms with Gasteiger partial charge in [-0.05, 0) is 18.4 Å². The number of carboxylic acids is 1. The highest BCUT2D eigenvalue weighted by molar-refractivity contribution is 5.85. The predicted octanol–water partition coefficient (Wildman–Crippen LogP) is 2.85. The monoisotopic (exact) mass is 183 g/mol. The number of hydrogen-bond acceptors (Lipinski definition) is 2. The van der Waals surface area contributed by atoms with Crippen LogP contribution in [0.4, 0.5) is 0 Å². The first-order chi connectivity index (χ1) is 6.22. The average molecular weight is 183 g/mol. The molecule has 0 unspecified atom stereocenters. The second kappa shape index (κ2) is 7.18. The van der Waals surface area contributed by atoms with Crippen LogP contribution in [-0.4, -0.2) is 11.1 Å². The van der Waals surface area contributed by atoms with Crippen LogP contribution in [0.25, 0.3) is 10.4 Å². The molecule has 0 fully saturated rings. The maximum atomic E-state index is 10.4. The van der Waals surface area contributed by atoms with Gasteiger partial charge in [-0.15, -0.1) is 0 Å². The molecular formula is C8H13N3O2. The third-order valence-electron chi connectivity index (χ3n) is 1.52. The summed E-state index contributed by atoms with van der Waals surface area (Å²) in [4.78, 5) is 12.9. The van der Waals surface area contributed by atoms with Crippen LogP contribution < -0.4 is 0 Å². The third kappa shape index (κ3) is 5.75. The summed E-state index contributed by atoms with van der Waals surface area (Å²) in [6.07, 6.45) is 5.16. The van der Waals surface area contributed by atoms with Crippen LogP contribution in [0.3, 0.4) is 0 Å². The van der Waals surface area contributed by atoms with E-state index in [-0.39, 0.29) is 5.70 Å². The van der Waals surface area contributed by atoms with E-state index in [9.17, 15) is 4.79 Å². The Balaban J connectivity index is 4.05. The van der Waals surface area contributed by atoms with Crippen LogP contribution in [0, 0.1) is 0 Å². The van der Waals surface area contributed by atoms with Gasteiger partial charge in [-0.1, -0.05) is 31.0 Å². The van der Waals surface area contributed by atoms with Gasteiger partial charge < -0.3 is 5.11 Å². The molecule has 0 saturated carbocycles. The SMILES string of the molecule is CCCCC/C=C(/N=[N+]=[N-])C(=O)O. The van der Waals surface area contributed by atoms with E-state index >= 15 is 0 Å². The van der Waals surface area contributed by atoms with Gasteiger partial charge >= 0.3 is 5.97 Å². The average Bonchev–Trinajstić information content (AvgIpc) is 2.10. The Hall–Kier alpha value is -1.48. The summed E-state index contributed by atoms with van der Waals surface area (Å²) in [6.45, 7) is 2.06.